The van der Waals surface area contributed by atoms with Crippen LogP contribution in [-0.4, -0.2) is 24.0 Å². The van der Waals surface area contributed by atoms with Crippen LogP contribution in [0.5, 0.6) is 0 Å². The zero-order valence-corrected chi connectivity index (χ0v) is 15.8. The predicted octanol–water partition coefficient (Wildman–Crippen LogP) is 5.07. The largest absolute Gasteiger partial charge is 0.372 e. The quantitative estimate of drug-likeness (QED) is 0.657. The summed E-state index contributed by atoms with van der Waals surface area (Å²) >= 11 is 0. The monoisotopic (exact) mass is 372 g/mol. The number of nitrogens with zero attached hydrogens (tertiary/aromatic N) is 2. The SMILES string of the molecule is O=C(Nc1ccccc1)c1cc(Nc2ccc(N3CCCCC3)cc2)ccn1. The number of benzene rings is 2. The van der Waals surface area contributed by atoms with Gasteiger partial charge in [0.2, 0.25) is 0 Å². The van der Waals surface area contributed by atoms with Crippen LogP contribution in [0.3, 0.4) is 0 Å². The third-order valence-corrected chi connectivity index (χ3v) is 4.90. The van der Waals surface area contributed by atoms with E-state index in [1.807, 2.05) is 36.4 Å². The first-order valence-electron chi connectivity index (χ1n) is 9.72. The second-order valence-electron chi connectivity index (χ2n) is 6.97. The summed E-state index contributed by atoms with van der Waals surface area (Å²) in [6.07, 6.45) is 5.51. The molecule has 1 aliphatic heterocycles. The van der Waals surface area contributed by atoms with Crippen LogP contribution in [0.15, 0.2) is 72.9 Å². The lowest BCUT2D eigenvalue weighted by molar-refractivity contribution is 0.102. The van der Waals surface area contributed by atoms with Crippen molar-refractivity contribution in [2.45, 2.75) is 19.3 Å². The van der Waals surface area contributed by atoms with Gasteiger partial charge in [-0.1, -0.05) is 18.2 Å². The van der Waals surface area contributed by atoms with Gasteiger partial charge in [0, 0.05) is 42.0 Å². The highest BCUT2D eigenvalue weighted by molar-refractivity contribution is 6.03. The van der Waals surface area contributed by atoms with E-state index in [1.54, 1.807) is 12.3 Å². The minimum absolute atomic E-state index is 0.227. The number of pyridine rings is 1. The molecule has 0 atom stereocenters. The van der Waals surface area contributed by atoms with Gasteiger partial charge in [-0.3, -0.25) is 9.78 Å². The average Bonchev–Trinajstić information content (AvgIpc) is 2.76. The Morgan fingerprint density at radius 1 is 0.821 bits per heavy atom. The van der Waals surface area contributed by atoms with E-state index in [4.69, 9.17) is 0 Å². The van der Waals surface area contributed by atoms with Crippen LogP contribution in [0.25, 0.3) is 0 Å². The smallest absolute Gasteiger partial charge is 0.274 e. The van der Waals surface area contributed by atoms with Crippen molar-refractivity contribution in [1.29, 1.82) is 0 Å². The molecule has 2 heterocycles. The highest BCUT2D eigenvalue weighted by atomic mass is 16.1. The second kappa shape index (κ2) is 8.57. The molecule has 28 heavy (non-hydrogen) atoms. The van der Waals surface area contributed by atoms with Crippen LogP contribution >= 0.6 is 0 Å². The fourth-order valence-corrected chi connectivity index (χ4v) is 3.42. The maximum Gasteiger partial charge on any atom is 0.274 e. The van der Waals surface area contributed by atoms with E-state index in [9.17, 15) is 4.79 Å². The third kappa shape index (κ3) is 4.49. The minimum Gasteiger partial charge on any atom is -0.372 e. The van der Waals surface area contributed by atoms with Crippen molar-refractivity contribution < 1.29 is 4.79 Å². The zero-order valence-electron chi connectivity index (χ0n) is 15.8. The van der Waals surface area contributed by atoms with Crippen LogP contribution in [0.1, 0.15) is 29.8 Å². The molecule has 5 heteroatoms. The number of carbonyl (C=O) groups is 1. The van der Waals surface area contributed by atoms with Crippen molar-refractivity contribution >= 4 is 28.7 Å². The van der Waals surface area contributed by atoms with Gasteiger partial charge in [0.1, 0.15) is 5.69 Å². The summed E-state index contributed by atoms with van der Waals surface area (Å²) < 4.78 is 0. The second-order valence-corrected chi connectivity index (χ2v) is 6.97. The molecule has 0 spiro atoms. The van der Waals surface area contributed by atoms with Gasteiger partial charge in [0.25, 0.3) is 5.91 Å². The molecule has 3 aromatic rings. The molecule has 1 aromatic heterocycles. The Morgan fingerprint density at radius 3 is 2.32 bits per heavy atom. The lowest BCUT2D eigenvalue weighted by Gasteiger charge is -2.28. The lowest BCUT2D eigenvalue weighted by atomic mass is 10.1. The highest BCUT2D eigenvalue weighted by Crippen LogP contribution is 2.24. The third-order valence-electron chi connectivity index (χ3n) is 4.90. The Labute approximate surface area is 165 Å². The van der Waals surface area contributed by atoms with Gasteiger partial charge in [-0.15, -0.1) is 0 Å². The molecule has 2 aromatic carbocycles. The number of piperidine rings is 1. The van der Waals surface area contributed by atoms with Crippen LogP contribution < -0.4 is 15.5 Å². The summed E-state index contributed by atoms with van der Waals surface area (Å²) in [5, 5.41) is 6.21. The van der Waals surface area contributed by atoms with Crippen molar-refractivity contribution in [1.82, 2.24) is 4.98 Å². The predicted molar refractivity (Wildman–Crippen MR) is 114 cm³/mol. The number of anilines is 4. The molecule has 0 unspecified atom stereocenters. The molecule has 1 aliphatic rings. The molecule has 0 aliphatic carbocycles. The summed E-state index contributed by atoms with van der Waals surface area (Å²) in [4.78, 5) is 19.1. The van der Waals surface area contributed by atoms with Crippen molar-refractivity contribution in [3.8, 4) is 0 Å². The summed E-state index contributed by atoms with van der Waals surface area (Å²) in [6.45, 7) is 2.27. The van der Waals surface area contributed by atoms with Crippen molar-refractivity contribution in [3.05, 3.63) is 78.6 Å². The molecule has 0 radical (unpaired) electrons. The van der Waals surface area contributed by atoms with Crippen molar-refractivity contribution in [3.63, 3.8) is 0 Å². The van der Waals surface area contributed by atoms with E-state index < -0.39 is 0 Å². The van der Waals surface area contributed by atoms with Gasteiger partial charge in [0.15, 0.2) is 0 Å². The first-order valence-corrected chi connectivity index (χ1v) is 9.72. The number of carbonyl (C=O) groups excluding carboxylic acids is 1. The topological polar surface area (TPSA) is 57.3 Å². The van der Waals surface area contributed by atoms with E-state index in [0.29, 0.717) is 5.69 Å². The molecule has 5 nitrogen and oxygen atoms in total. The summed E-state index contributed by atoms with van der Waals surface area (Å²) in [6, 6.07) is 21.5. The van der Waals surface area contributed by atoms with Crippen molar-refractivity contribution in [2.75, 3.05) is 28.6 Å². The maximum absolute atomic E-state index is 12.4. The number of para-hydroxylation sites is 1. The number of amides is 1. The molecule has 4 rings (SSSR count). The molecule has 1 fully saturated rings. The van der Waals surface area contributed by atoms with Crippen LogP contribution in [0, 0.1) is 0 Å². The fraction of sp³-hybridized carbons (Fsp3) is 0.217. The zero-order chi connectivity index (χ0) is 19.2. The number of hydrogen-bond donors (Lipinski definition) is 2. The van der Waals surface area contributed by atoms with Crippen LogP contribution in [0.2, 0.25) is 0 Å². The Bertz CT molecular complexity index is 919. The Balaban J connectivity index is 1.42. The minimum atomic E-state index is -0.227. The van der Waals surface area contributed by atoms with E-state index in [2.05, 4.69) is 44.8 Å². The van der Waals surface area contributed by atoms with Crippen LogP contribution in [-0.2, 0) is 0 Å². The first-order chi connectivity index (χ1) is 13.8. The van der Waals surface area contributed by atoms with E-state index >= 15 is 0 Å². The Hall–Kier alpha value is -3.34. The standard InChI is InChI=1S/C23H24N4O/c28-23(26-18-7-3-1-4-8-18)22-17-20(13-14-24-22)25-19-9-11-21(12-10-19)27-15-5-2-6-16-27/h1,3-4,7-14,17H,2,5-6,15-16H2,(H,24,25)(H,26,28). The molecular formula is C23H24N4O. The van der Waals surface area contributed by atoms with Gasteiger partial charge < -0.3 is 15.5 Å². The molecule has 0 saturated carbocycles. The lowest BCUT2D eigenvalue weighted by Crippen LogP contribution is -2.29. The average molecular weight is 372 g/mol. The summed E-state index contributed by atoms with van der Waals surface area (Å²) in [7, 11) is 0. The molecule has 0 bridgehead atoms. The number of nitrogens with one attached hydrogen (secondary N) is 2. The van der Waals surface area contributed by atoms with Gasteiger partial charge in [0.05, 0.1) is 0 Å². The summed E-state index contributed by atoms with van der Waals surface area (Å²) in [5.41, 5.74) is 4.21. The molecule has 1 amide bonds. The molecule has 142 valence electrons. The number of aromatic nitrogens is 1. The normalized spacial score (nSPS) is 13.8. The van der Waals surface area contributed by atoms with Gasteiger partial charge in [-0.05, 0) is 67.8 Å². The molecule has 2 N–H and O–H groups in total. The molecular weight excluding hydrogens is 348 g/mol. The molecule has 1 saturated heterocycles. The summed E-state index contributed by atoms with van der Waals surface area (Å²) in [5.74, 6) is -0.227. The number of rotatable bonds is 5. The Morgan fingerprint density at radius 2 is 1.57 bits per heavy atom. The van der Waals surface area contributed by atoms with E-state index in [0.717, 1.165) is 30.2 Å². The maximum atomic E-state index is 12.4. The number of hydrogen-bond acceptors (Lipinski definition) is 4. The van der Waals surface area contributed by atoms with Gasteiger partial charge in [-0.25, -0.2) is 0 Å². The van der Waals surface area contributed by atoms with E-state index in [-0.39, 0.29) is 5.91 Å². The van der Waals surface area contributed by atoms with Gasteiger partial charge >= 0.3 is 0 Å². The van der Waals surface area contributed by atoms with E-state index in [1.165, 1.54) is 24.9 Å². The van der Waals surface area contributed by atoms with Crippen LogP contribution in [0.4, 0.5) is 22.7 Å². The first kappa shape index (κ1) is 18.0. The highest BCUT2D eigenvalue weighted by Gasteiger charge is 2.11. The Kier molecular flexibility index (Phi) is 5.52. The fourth-order valence-electron chi connectivity index (χ4n) is 3.42. The van der Waals surface area contributed by atoms with Crippen molar-refractivity contribution in [2.24, 2.45) is 0 Å². The van der Waals surface area contributed by atoms with Gasteiger partial charge in [-0.2, -0.15) is 0 Å².